The lowest BCUT2D eigenvalue weighted by Crippen LogP contribution is -2.18. The van der Waals surface area contributed by atoms with E-state index in [0.29, 0.717) is 57.0 Å². The molecule has 0 unspecified atom stereocenters. The van der Waals surface area contributed by atoms with Crippen LogP contribution in [-0.4, -0.2) is 69.5 Å². The Labute approximate surface area is 261 Å². The smallest absolute Gasteiger partial charge is 0.418 e. The van der Waals surface area contributed by atoms with Crippen LogP contribution in [0.4, 0.5) is 18.9 Å². The average Bonchev–Trinajstić information content (AvgIpc) is 3.05. The summed E-state index contributed by atoms with van der Waals surface area (Å²) in [5.41, 5.74) is 0.298. The first kappa shape index (κ1) is 33.0. The number of carbonyl (C=O) groups excluding carboxylic acids is 1. The first-order chi connectivity index (χ1) is 21.6. The number of anilines is 1. The van der Waals surface area contributed by atoms with Crippen LogP contribution in [0.5, 0.6) is 34.5 Å². The quantitative estimate of drug-likeness (QED) is 0.182. The van der Waals surface area contributed by atoms with Crippen LogP contribution in [-0.2, 0) is 11.0 Å². The van der Waals surface area contributed by atoms with Crippen LogP contribution in [0.1, 0.15) is 5.56 Å². The SMILES string of the molecule is COc1cc(-c2nnc(SCC(=O)Nc3ccccc3C(F)(F)F)nc2-c2cc(OC)c(OC)c(OC)c2)cc(OC)c1OC. The number of para-hydroxylation sites is 1. The van der Waals surface area contributed by atoms with E-state index in [0.717, 1.165) is 17.8 Å². The lowest BCUT2D eigenvalue weighted by molar-refractivity contribution is -0.137. The number of hydrogen-bond donors (Lipinski definition) is 1. The van der Waals surface area contributed by atoms with Gasteiger partial charge in [0, 0.05) is 11.1 Å². The molecule has 0 atom stereocenters. The van der Waals surface area contributed by atoms with Crippen LogP contribution >= 0.6 is 11.8 Å². The molecule has 1 N–H and O–H groups in total. The molecule has 3 aromatic carbocycles. The third-order valence-corrected chi connectivity index (χ3v) is 7.22. The zero-order valence-electron chi connectivity index (χ0n) is 25.1. The molecule has 0 aliphatic rings. The number of hydrogen-bond acceptors (Lipinski definition) is 11. The fraction of sp³-hybridized carbons (Fsp3) is 0.267. The fourth-order valence-electron chi connectivity index (χ4n) is 4.36. The molecular weight excluding hydrogens is 617 g/mol. The molecule has 0 spiro atoms. The summed E-state index contributed by atoms with van der Waals surface area (Å²) in [4.78, 5) is 17.4. The Hall–Kier alpha value is -4.92. The summed E-state index contributed by atoms with van der Waals surface area (Å²) in [7, 11) is 8.84. The average molecular weight is 647 g/mol. The molecule has 4 aromatic rings. The van der Waals surface area contributed by atoms with Gasteiger partial charge in [0.15, 0.2) is 23.0 Å². The number of benzene rings is 3. The molecule has 238 valence electrons. The number of nitrogens with one attached hydrogen (secondary N) is 1. The number of nitrogens with zero attached hydrogens (tertiary/aromatic N) is 3. The highest BCUT2D eigenvalue weighted by molar-refractivity contribution is 7.99. The molecule has 0 fully saturated rings. The summed E-state index contributed by atoms with van der Waals surface area (Å²) < 4.78 is 73.1. The molecule has 4 rings (SSSR count). The number of rotatable bonds is 12. The predicted molar refractivity (Wildman–Crippen MR) is 161 cm³/mol. The predicted octanol–water partition coefficient (Wildman–Crippen LogP) is 6.01. The zero-order chi connectivity index (χ0) is 32.7. The Balaban J connectivity index is 1.77. The highest BCUT2D eigenvalue weighted by atomic mass is 32.2. The minimum absolute atomic E-state index is 0.0780. The van der Waals surface area contributed by atoms with Crippen molar-refractivity contribution in [2.24, 2.45) is 0 Å². The van der Waals surface area contributed by atoms with Crippen LogP contribution < -0.4 is 33.7 Å². The van der Waals surface area contributed by atoms with Crippen molar-refractivity contribution in [3.8, 4) is 57.0 Å². The third kappa shape index (κ3) is 7.25. The summed E-state index contributed by atoms with van der Waals surface area (Å²) in [5, 5.41) is 11.0. The monoisotopic (exact) mass is 646 g/mol. The van der Waals surface area contributed by atoms with E-state index in [2.05, 4.69) is 20.5 Å². The number of alkyl halides is 3. The van der Waals surface area contributed by atoms with Gasteiger partial charge in [-0.2, -0.15) is 13.2 Å². The second-order valence-electron chi connectivity index (χ2n) is 9.00. The van der Waals surface area contributed by atoms with Crippen molar-refractivity contribution in [2.45, 2.75) is 11.3 Å². The molecular formula is C30H29F3N4O7S. The van der Waals surface area contributed by atoms with Crippen LogP contribution in [0.2, 0.25) is 0 Å². The van der Waals surface area contributed by atoms with Crippen molar-refractivity contribution < 1.29 is 46.4 Å². The Morgan fingerprint density at radius 2 is 1.22 bits per heavy atom. The van der Waals surface area contributed by atoms with E-state index in [9.17, 15) is 18.0 Å². The number of aromatic nitrogens is 3. The minimum Gasteiger partial charge on any atom is -0.493 e. The van der Waals surface area contributed by atoms with Crippen molar-refractivity contribution >= 4 is 23.4 Å². The van der Waals surface area contributed by atoms with Gasteiger partial charge >= 0.3 is 6.18 Å². The van der Waals surface area contributed by atoms with Crippen LogP contribution in [0, 0.1) is 0 Å². The summed E-state index contributed by atoms with van der Waals surface area (Å²) in [5.74, 6) is 1.14. The van der Waals surface area contributed by atoms with Crippen molar-refractivity contribution in [3.05, 3.63) is 54.1 Å². The topological polar surface area (TPSA) is 123 Å². The van der Waals surface area contributed by atoms with E-state index in [-0.39, 0.29) is 16.6 Å². The number of halogens is 3. The van der Waals surface area contributed by atoms with Gasteiger partial charge in [-0.15, -0.1) is 10.2 Å². The van der Waals surface area contributed by atoms with E-state index in [1.165, 1.54) is 60.9 Å². The highest BCUT2D eigenvalue weighted by Crippen LogP contribution is 2.45. The van der Waals surface area contributed by atoms with Gasteiger partial charge < -0.3 is 33.7 Å². The summed E-state index contributed by atoms with van der Waals surface area (Å²) in [6.07, 6.45) is -4.64. The second-order valence-corrected chi connectivity index (χ2v) is 9.94. The highest BCUT2D eigenvalue weighted by Gasteiger charge is 2.33. The van der Waals surface area contributed by atoms with Crippen LogP contribution in [0.15, 0.2) is 53.7 Å². The second kappa shape index (κ2) is 14.2. The van der Waals surface area contributed by atoms with Gasteiger partial charge in [0.2, 0.25) is 22.6 Å². The molecule has 0 saturated carbocycles. The number of amides is 1. The third-order valence-electron chi connectivity index (χ3n) is 6.38. The summed E-state index contributed by atoms with van der Waals surface area (Å²) in [6, 6.07) is 11.4. The molecule has 0 bridgehead atoms. The van der Waals surface area contributed by atoms with Gasteiger partial charge in [-0.25, -0.2) is 4.98 Å². The normalized spacial score (nSPS) is 11.0. The first-order valence-corrected chi connectivity index (χ1v) is 14.0. The largest absolute Gasteiger partial charge is 0.493 e. The Bertz CT molecular complexity index is 1640. The van der Waals surface area contributed by atoms with Crippen molar-refractivity contribution in [3.63, 3.8) is 0 Å². The molecule has 0 saturated heterocycles. The van der Waals surface area contributed by atoms with Gasteiger partial charge in [-0.1, -0.05) is 23.9 Å². The van der Waals surface area contributed by atoms with Crippen molar-refractivity contribution in [2.75, 3.05) is 53.7 Å². The maximum absolute atomic E-state index is 13.4. The molecule has 0 aliphatic carbocycles. The minimum atomic E-state index is -4.64. The molecule has 0 radical (unpaired) electrons. The number of ether oxygens (including phenoxy) is 6. The van der Waals surface area contributed by atoms with E-state index >= 15 is 0 Å². The molecule has 1 heterocycles. The molecule has 1 aromatic heterocycles. The maximum Gasteiger partial charge on any atom is 0.418 e. The summed E-state index contributed by atoms with van der Waals surface area (Å²) in [6.45, 7) is 0. The first-order valence-electron chi connectivity index (χ1n) is 13.0. The molecule has 0 aliphatic heterocycles. The van der Waals surface area contributed by atoms with E-state index in [1.54, 1.807) is 24.3 Å². The van der Waals surface area contributed by atoms with Crippen molar-refractivity contribution in [1.82, 2.24) is 15.2 Å². The molecule has 11 nitrogen and oxygen atoms in total. The van der Waals surface area contributed by atoms with Crippen molar-refractivity contribution in [1.29, 1.82) is 0 Å². The Morgan fingerprint density at radius 3 is 1.69 bits per heavy atom. The van der Waals surface area contributed by atoms with Gasteiger partial charge in [-0.3, -0.25) is 4.79 Å². The van der Waals surface area contributed by atoms with E-state index in [4.69, 9.17) is 28.4 Å². The molecule has 45 heavy (non-hydrogen) atoms. The van der Waals surface area contributed by atoms with Gasteiger partial charge in [0.1, 0.15) is 11.4 Å². The van der Waals surface area contributed by atoms with E-state index in [1.807, 2.05) is 0 Å². The van der Waals surface area contributed by atoms with Gasteiger partial charge in [-0.05, 0) is 36.4 Å². The number of thioether (sulfide) groups is 1. The number of carbonyl (C=O) groups is 1. The lowest BCUT2D eigenvalue weighted by atomic mass is 10.0. The standard InChI is InChI=1S/C30H29F3N4O7S/c1-39-20-11-16(12-21(40-2)27(20)43-5)25-26(17-13-22(41-3)28(44-6)23(14-17)42-4)36-37-29(35-25)45-15-24(38)34-19-10-8-7-9-18(19)30(31,32)33/h7-14H,15H2,1-6H3,(H,34,38). The molecule has 1 amide bonds. The van der Waals surface area contributed by atoms with Crippen LogP contribution in [0.25, 0.3) is 22.5 Å². The van der Waals surface area contributed by atoms with Gasteiger partial charge in [0.25, 0.3) is 0 Å². The number of methoxy groups -OCH3 is 6. The summed E-state index contributed by atoms with van der Waals surface area (Å²) >= 11 is 0.888. The zero-order valence-corrected chi connectivity index (χ0v) is 25.9. The fourth-order valence-corrected chi connectivity index (χ4v) is 4.95. The molecule has 15 heteroatoms. The van der Waals surface area contributed by atoms with E-state index < -0.39 is 17.6 Å². The maximum atomic E-state index is 13.4. The Morgan fingerprint density at radius 1 is 0.733 bits per heavy atom. The lowest BCUT2D eigenvalue weighted by Gasteiger charge is -2.17. The Kier molecular flexibility index (Phi) is 10.4. The van der Waals surface area contributed by atoms with Crippen LogP contribution in [0.3, 0.4) is 0 Å². The van der Waals surface area contributed by atoms with Gasteiger partial charge in [0.05, 0.1) is 59.7 Å².